The predicted octanol–water partition coefficient (Wildman–Crippen LogP) is 3.89. The summed E-state index contributed by atoms with van der Waals surface area (Å²) in [4.78, 5) is 27.6. The van der Waals surface area contributed by atoms with Gasteiger partial charge in [0.05, 0.1) is 12.8 Å². The number of carbonyl (C=O) groups is 1. The third kappa shape index (κ3) is 2.51. The lowest BCUT2D eigenvalue weighted by atomic mass is 9.62. The molecule has 1 saturated carbocycles. The molecular formula is C21H23NO3. The quantitative estimate of drug-likeness (QED) is 0.803. The van der Waals surface area contributed by atoms with E-state index in [1.807, 2.05) is 0 Å². The molecule has 4 nitrogen and oxygen atoms in total. The molecule has 0 unspecified atom stereocenters. The van der Waals surface area contributed by atoms with Crippen LogP contribution >= 0.6 is 0 Å². The van der Waals surface area contributed by atoms with E-state index >= 15 is 0 Å². The molecule has 0 amide bonds. The highest BCUT2D eigenvalue weighted by Crippen LogP contribution is 2.49. The standard InChI is InChI=1S/C21H23NO3/c1-13-6-7-14-12-21(8-4-3-5-9-21)17-11-16(20(24)25-2)19(23)22-18(17)15(14)10-13/h6-7,10-11H,3-5,8-9,12H2,1-2H3,(H,22,23). The summed E-state index contributed by atoms with van der Waals surface area (Å²) in [6.07, 6.45) is 6.80. The zero-order valence-corrected chi connectivity index (χ0v) is 14.8. The number of fused-ring (bicyclic) bond motifs is 4. The van der Waals surface area contributed by atoms with Gasteiger partial charge in [0.15, 0.2) is 0 Å². The summed E-state index contributed by atoms with van der Waals surface area (Å²) in [5, 5.41) is 0. The van der Waals surface area contributed by atoms with Crippen LogP contribution in [0.3, 0.4) is 0 Å². The smallest absolute Gasteiger partial charge is 0.343 e. The van der Waals surface area contributed by atoms with Crippen molar-refractivity contribution in [2.75, 3.05) is 7.11 Å². The molecule has 0 aliphatic heterocycles. The Morgan fingerprint density at radius 2 is 1.92 bits per heavy atom. The number of hydrogen-bond donors (Lipinski definition) is 1. The third-order valence-corrected chi connectivity index (χ3v) is 5.89. The molecule has 1 spiro atoms. The second kappa shape index (κ2) is 5.87. The number of rotatable bonds is 1. The van der Waals surface area contributed by atoms with E-state index in [1.165, 1.54) is 37.5 Å². The van der Waals surface area contributed by atoms with Gasteiger partial charge in [-0.05, 0) is 49.4 Å². The van der Waals surface area contributed by atoms with E-state index in [0.29, 0.717) is 0 Å². The van der Waals surface area contributed by atoms with Crippen LogP contribution in [0.5, 0.6) is 0 Å². The zero-order chi connectivity index (χ0) is 17.6. The molecule has 1 aromatic carbocycles. The molecule has 0 radical (unpaired) electrons. The fourth-order valence-corrected chi connectivity index (χ4v) is 4.63. The summed E-state index contributed by atoms with van der Waals surface area (Å²) in [6, 6.07) is 8.27. The fraction of sp³-hybridized carbons (Fsp3) is 0.429. The van der Waals surface area contributed by atoms with E-state index in [2.05, 4.69) is 30.1 Å². The number of H-pyrrole nitrogens is 1. The van der Waals surface area contributed by atoms with Crippen molar-refractivity contribution in [3.63, 3.8) is 0 Å². The average Bonchev–Trinajstić information content (AvgIpc) is 2.62. The molecular weight excluding hydrogens is 314 g/mol. The maximum absolute atomic E-state index is 12.5. The Hall–Kier alpha value is -2.36. The van der Waals surface area contributed by atoms with Gasteiger partial charge >= 0.3 is 5.97 Å². The van der Waals surface area contributed by atoms with Gasteiger partial charge in [-0.15, -0.1) is 0 Å². The monoisotopic (exact) mass is 337 g/mol. The van der Waals surface area contributed by atoms with Crippen molar-refractivity contribution in [2.24, 2.45) is 0 Å². The number of nitrogens with one attached hydrogen (secondary N) is 1. The van der Waals surface area contributed by atoms with E-state index in [1.54, 1.807) is 6.07 Å². The third-order valence-electron chi connectivity index (χ3n) is 5.89. The Kier molecular flexibility index (Phi) is 3.78. The van der Waals surface area contributed by atoms with Crippen LogP contribution in [0, 0.1) is 6.92 Å². The topological polar surface area (TPSA) is 59.2 Å². The van der Waals surface area contributed by atoms with E-state index in [9.17, 15) is 9.59 Å². The molecule has 130 valence electrons. The number of esters is 1. The van der Waals surface area contributed by atoms with Gasteiger partial charge in [-0.3, -0.25) is 4.79 Å². The molecule has 1 N–H and O–H groups in total. The highest BCUT2D eigenvalue weighted by atomic mass is 16.5. The van der Waals surface area contributed by atoms with Gasteiger partial charge in [0, 0.05) is 11.0 Å². The van der Waals surface area contributed by atoms with Gasteiger partial charge < -0.3 is 9.72 Å². The summed E-state index contributed by atoms with van der Waals surface area (Å²) in [6.45, 7) is 2.06. The molecule has 1 heterocycles. The van der Waals surface area contributed by atoms with Crippen molar-refractivity contribution in [1.29, 1.82) is 0 Å². The molecule has 2 aliphatic carbocycles. The Morgan fingerprint density at radius 3 is 2.64 bits per heavy atom. The molecule has 4 heteroatoms. The Balaban J connectivity index is 2.00. The number of aromatic nitrogens is 1. The number of ether oxygens (including phenoxy) is 1. The van der Waals surface area contributed by atoms with Crippen LogP contribution in [0.2, 0.25) is 0 Å². The maximum Gasteiger partial charge on any atom is 0.343 e. The van der Waals surface area contributed by atoms with Crippen molar-refractivity contribution in [1.82, 2.24) is 4.98 Å². The first-order chi connectivity index (χ1) is 12.0. The summed E-state index contributed by atoms with van der Waals surface area (Å²) in [7, 11) is 1.32. The molecule has 2 aliphatic rings. The molecule has 0 atom stereocenters. The minimum absolute atomic E-state index is 0.0167. The highest BCUT2D eigenvalue weighted by molar-refractivity contribution is 5.90. The van der Waals surface area contributed by atoms with Gasteiger partial charge in [-0.25, -0.2) is 4.79 Å². The van der Waals surface area contributed by atoms with Crippen molar-refractivity contribution >= 4 is 5.97 Å². The second-order valence-electron chi connectivity index (χ2n) is 7.47. The molecule has 4 rings (SSSR count). The molecule has 25 heavy (non-hydrogen) atoms. The largest absolute Gasteiger partial charge is 0.465 e. The van der Waals surface area contributed by atoms with E-state index in [-0.39, 0.29) is 16.5 Å². The minimum Gasteiger partial charge on any atom is -0.465 e. The minimum atomic E-state index is -0.565. The van der Waals surface area contributed by atoms with Crippen molar-refractivity contribution in [2.45, 2.75) is 50.9 Å². The lowest BCUT2D eigenvalue weighted by Crippen LogP contribution is -2.37. The van der Waals surface area contributed by atoms with Crippen LogP contribution in [-0.4, -0.2) is 18.1 Å². The van der Waals surface area contributed by atoms with Gasteiger partial charge in [0.2, 0.25) is 0 Å². The number of aromatic amines is 1. The number of hydrogen-bond acceptors (Lipinski definition) is 3. The number of methoxy groups -OCH3 is 1. The molecule has 0 bridgehead atoms. The van der Waals surface area contributed by atoms with Crippen molar-refractivity contribution < 1.29 is 9.53 Å². The maximum atomic E-state index is 12.5. The van der Waals surface area contributed by atoms with Gasteiger partial charge in [-0.2, -0.15) is 0 Å². The number of carbonyl (C=O) groups excluding carboxylic acids is 1. The first kappa shape index (κ1) is 16.1. The second-order valence-corrected chi connectivity index (χ2v) is 7.47. The molecule has 0 saturated heterocycles. The summed E-state index contributed by atoms with van der Waals surface area (Å²) < 4.78 is 4.81. The number of pyridine rings is 1. The van der Waals surface area contributed by atoms with Crippen LogP contribution in [0.4, 0.5) is 0 Å². The van der Waals surface area contributed by atoms with Gasteiger partial charge in [-0.1, -0.05) is 37.0 Å². The number of aryl methyl sites for hydroxylation is 1. The summed E-state index contributed by atoms with van der Waals surface area (Å²) in [5.41, 5.74) is 5.33. The van der Waals surface area contributed by atoms with Crippen LogP contribution in [0.15, 0.2) is 29.1 Å². The molecule has 1 fully saturated rings. The predicted molar refractivity (Wildman–Crippen MR) is 97.0 cm³/mol. The molecule has 2 aromatic rings. The summed E-state index contributed by atoms with van der Waals surface area (Å²) in [5.74, 6) is -0.565. The summed E-state index contributed by atoms with van der Waals surface area (Å²) >= 11 is 0. The first-order valence-corrected chi connectivity index (χ1v) is 9.00. The Bertz CT molecular complexity index is 904. The SMILES string of the molecule is COC(=O)c1cc2c([nH]c1=O)-c1cc(C)ccc1CC21CCCCC1. The van der Waals surface area contributed by atoms with Crippen molar-refractivity contribution in [3.05, 3.63) is 56.9 Å². The normalized spacial score (nSPS) is 17.7. The van der Waals surface area contributed by atoms with Crippen molar-refractivity contribution in [3.8, 4) is 11.3 Å². The first-order valence-electron chi connectivity index (χ1n) is 9.00. The van der Waals surface area contributed by atoms with E-state index in [4.69, 9.17) is 4.74 Å². The average molecular weight is 337 g/mol. The lowest BCUT2D eigenvalue weighted by molar-refractivity contribution is 0.0598. The fourth-order valence-electron chi connectivity index (χ4n) is 4.63. The van der Waals surface area contributed by atoms with Gasteiger partial charge in [0.1, 0.15) is 5.56 Å². The highest BCUT2D eigenvalue weighted by Gasteiger charge is 2.41. The molecule has 1 aromatic heterocycles. The number of benzene rings is 1. The van der Waals surface area contributed by atoms with E-state index < -0.39 is 5.97 Å². The lowest BCUT2D eigenvalue weighted by Gasteiger charge is -2.42. The zero-order valence-electron chi connectivity index (χ0n) is 14.8. The van der Waals surface area contributed by atoms with Crippen LogP contribution in [0.25, 0.3) is 11.3 Å². The van der Waals surface area contributed by atoms with Gasteiger partial charge in [0.25, 0.3) is 5.56 Å². The Labute approximate surface area is 147 Å². The Morgan fingerprint density at radius 1 is 1.16 bits per heavy atom. The van der Waals surface area contributed by atoms with Crippen LogP contribution in [0.1, 0.15) is 59.2 Å². The van der Waals surface area contributed by atoms with Crippen LogP contribution in [-0.2, 0) is 16.6 Å². The van der Waals surface area contributed by atoms with Crippen LogP contribution < -0.4 is 5.56 Å². The van der Waals surface area contributed by atoms with E-state index in [0.717, 1.165) is 36.1 Å².